The van der Waals surface area contributed by atoms with Crippen molar-refractivity contribution in [3.63, 3.8) is 0 Å². The molecule has 0 aliphatic carbocycles. The number of carbonyl (C=O) groups excluding carboxylic acids is 1. The van der Waals surface area contributed by atoms with Crippen LogP contribution in [0.1, 0.15) is 41.3 Å². The van der Waals surface area contributed by atoms with Crippen LogP contribution < -0.4 is 5.32 Å². The van der Waals surface area contributed by atoms with E-state index < -0.39 is 10.0 Å². The molecule has 28 heavy (non-hydrogen) atoms. The van der Waals surface area contributed by atoms with Gasteiger partial charge in [0.1, 0.15) is 5.82 Å². The molecule has 1 aliphatic heterocycles. The first kappa shape index (κ1) is 20.5. The molecule has 0 radical (unpaired) electrons. The molecule has 0 aromatic heterocycles. The van der Waals surface area contributed by atoms with Crippen molar-refractivity contribution in [2.45, 2.75) is 38.1 Å². The molecule has 7 heteroatoms. The standard InChI is InChI=1S/C21H25FN2O3S/c1-15-8-10-24(11-9-15)28(26,27)19-7-6-16(2)20(13-19)21(25)23-14-17-4-3-5-18(22)12-17/h3-7,12-13,15H,8-11,14H2,1-2H3,(H,23,25). The lowest BCUT2D eigenvalue weighted by Gasteiger charge is -2.29. The first-order valence-corrected chi connectivity index (χ1v) is 10.8. The molecule has 0 saturated carbocycles. The van der Waals surface area contributed by atoms with E-state index in [1.807, 2.05) is 0 Å². The quantitative estimate of drug-likeness (QED) is 0.830. The van der Waals surface area contributed by atoms with Gasteiger partial charge in [0.15, 0.2) is 0 Å². The summed E-state index contributed by atoms with van der Waals surface area (Å²) >= 11 is 0. The highest BCUT2D eigenvalue weighted by atomic mass is 32.2. The number of carbonyl (C=O) groups is 1. The van der Waals surface area contributed by atoms with Crippen LogP contribution in [-0.2, 0) is 16.6 Å². The Morgan fingerprint density at radius 1 is 1.18 bits per heavy atom. The highest BCUT2D eigenvalue weighted by molar-refractivity contribution is 7.89. The summed E-state index contributed by atoms with van der Waals surface area (Å²) < 4.78 is 40.7. The molecule has 0 unspecified atom stereocenters. The van der Waals surface area contributed by atoms with Gasteiger partial charge in [0, 0.05) is 25.2 Å². The predicted octanol–water partition coefficient (Wildman–Crippen LogP) is 3.48. The summed E-state index contributed by atoms with van der Waals surface area (Å²) in [7, 11) is -3.63. The van der Waals surface area contributed by atoms with Crippen LogP contribution in [0.5, 0.6) is 0 Å². The molecule has 150 valence electrons. The zero-order valence-electron chi connectivity index (χ0n) is 16.1. The number of benzene rings is 2. The maximum Gasteiger partial charge on any atom is 0.251 e. The van der Waals surface area contributed by atoms with Gasteiger partial charge in [-0.2, -0.15) is 4.31 Å². The number of piperidine rings is 1. The molecule has 5 nitrogen and oxygen atoms in total. The Kier molecular flexibility index (Phi) is 6.15. The molecule has 1 aliphatic rings. The van der Waals surface area contributed by atoms with E-state index in [1.54, 1.807) is 31.2 Å². The van der Waals surface area contributed by atoms with Crippen LogP contribution >= 0.6 is 0 Å². The SMILES string of the molecule is Cc1ccc(S(=O)(=O)N2CCC(C)CC2)cc1C(=O)NCc1cccc(F)c1. The van der Waals surface area contributed by atoms with Crippen LogP contribution in [0, 0.1) is 18.7 Å². The Labute approximate surface area is 165 Å². The van der Waals surface area contributed by atoms with Gasteiger partial charge in [0.05, 0.1) is 4.90 Å². The first-order valence-electron chi connectivity index (χ1n) is 9.41. The summed E-state index contributed by atoms with van der Waals surface area (Å²) in [5.41, 5.74) is 1.63. The second-order valence-electron chi connectivity index (χ2n) is 7.38. The minimum Gasteiger partial charge on any atom is -0.348 e. The maximum absolute atomic E-state index is 13.3. The number of hydrogen-bond acceptors (Lipinski definition) is 3. The summed E-state index contributed by atoms with van der Waals surface area (Å²) in [5.74, 6) is -0.230. The fourth-order valence-electron chi connectivity index (χ4n) is 3.31. The number of nitrogens with one attached hydrogen (secondary N) is 1. The molecule has 1 fully saturated rings. The monoisotopic (exact) mass is 404 g/mol. The second-order valence-corrected chi connectivity index (χ2v) is 9.31. The molecule has 1 saturated heterocycles. The normalized spacial score (nSPS) is 16.1. The van der Waals surface area contributed by atoms with Crippen molar-refractivity contribution in [3.05, 3.63) is 65.0 Å². The van der Waals surface area contributed by atoms with Crippen LogP contribution in [0.15, 0.2) is 47.4 Å². The van der Waals surface area contributed by atoms with Gasteiger partial charge in [-0.1, -0.05) is 25.1 Å². The van der Waals surface area contributed by atoms with Gasteiger partial charge in [0.25, 0.3) is 5.91 Å². The van der Waals surface area contributed by atoms with E-state index in [4.69, 9.17) is 0 Å². The Balaban J connectivity index is 1.78. The molecule has 0 spiro atoms. The van der Waals surface area contributed by atoms with E-state index in [-0.39, 0.29) is 23.2 Å². The fraction of sp³-hybridized carbons (Fsp3) is 0.381. The summed E-state index contributed by atoms with van der Waals surface area (Å²) in [6, 6.07) is 10.6. The number of rotatable bonds is 5. The minimum absolute atomic E-state index is 0.128. The number of nitrogens with zero attached hydrogens (tertiary/aromatic N) is 1. The maximum atomic E-state index is 13.3. The number of amides is 1. The van der Waals surface area contributed by atoms with Crippen LogP contribution in [0.25, 0.3) is 0 Å². The summed E-state index contributed by atoms with van der Waals surface area (Å²) in [4.78, 5) is 12.7. The molecular weight excluding hydrogens is 379 g/mol. The molecule has 2 aromatic rings. The third-order valence-electron chi connectivity index (χ3n) is 5.18. The van der Waals surface area contributed by atoms with Gasteiger partial charge in [-0.3, -0.25) is 4.79 Å². The topological polar surface area (TPSA) is 66.5 Å². The lowest BCUT2D eigenvalue weighted by molar-refractivity contribution is 0.0950. The average molecular weight is 405 g/mol. The van der Waals surface area contributed by atoms with Crippen molar-refractivity contribution in [3.8, 4) is 0 Å². The van der Waals surface area contributed by atoms with Gasteiger partial charge in [0.2, 0.25) is 10.0 Å². The molecule has 2 aromatic carbocycles. The predicted molar refractivity (Wildman–Crippen MR) is 106 cm³/mol. The van der Waals surface area contributed by atoms with Crippen molar-refractivity contribution < 1.29 is 17.6 Å². The van der Waals surface area contributed by atoms with E-state index in [0.29, 0.717) is 35.7 Å². The van der Waals surface area contributed by atoms with Crippen molar-refractivity contribution in [1.82, 2.24) is 9.62 Å². The smallest absolute Gasteiger partial charge is 0.251 e. The number of halogens is 1. The van der Waals surface area contributed by atoms with Crippen LogP contribution in [0.2, 0.25) is 0 Å². The number of sulfonamides is 1. The summed E-state index contributed by atoms with van der Waals surface area (Å²) in [6.07, 6.45) is 1.68. The van der Waals surface area contributed by atoms with Crippen LogP contribution in [-0.4, -0.2) is 31.7 Å². The van der Waals surface area contributed by atoms with E-state index in [2.05, 4.69) is 12.2 Å². The van der Waals surface area contributed by atoms with E-state index >= 15 is 0 Å². The van der Waals surface area contributed by atoms with Crippen molar-refractivity contribution in [2.75, 3.05) is 13.1 Å². The summed E-state index contributed by atoms with van der Waals surface area (Å²) in [6.45, 7) is 5.04. The average Bonchev–Trinajstić information content (AvgIpc) is 2.67. The molecule has 0 atom stereocenters. The molecular formula is C21H25FN2O3S. The van der Waals surface area contributed by atoms with Gasteiger partial charge < -0.3 is 5.32 Å². The Morgan fingerprint density at radius 2 is 1.89 bits per heavy atom. The van der Waals surface area contributed by atoms with E-state index in [1.165, 1.54) is 22.5 Å². The second kappa shape index (κ2) is 8.41. The largest absolute Gasteiger partial charge is 0.348 e. The molecule has 1 heterocycles. The number of aryl methyl sites for hydroxylation is 1. The van der Waals surface area contributed by atoms with Crippen molar-refractivity contribution in [1.29, 1.82) is 0 Å². The minimum atomic E-state index is -3.63. The highest BCUT2D eigenvalue weighted by Gasteiger charge is 2.28. The van der Waals surface area contributed by atoms with Gasteiger partial charge in [-0.15, -0.1) is 0 Å². The third kappa shape index (κ3) is 4.59. The van der Waals surface area contributed by atoms with Crippen LogP contribution in [0.4, 0.5) is 4.39 Å². The van der Waals surface area contributed by atoms with Crippen molar-refractivity contribution >= 4 is 15.9 Å². The van der Waals surface area contributed by atoms with Gasteiger partial charge in [-0.05, 0) is 61.1 Å². The van der Waals surface area contributed by atoms with E-state index in [0.717, 1.165) is 12.8 Å². The molecule has 1 amide bonds. The van der Waals surface area contributed by atoms with Crippen molar-refractivity contribution in [2.24, 2.45) is 5.92 Å². The summed E-state index contributed by atoms with van der Waals surface area (Å²) in [5, 5.41) is 2.73. The molecule has 0 bridgehead atoms. The zero-order chi connectivity index (χ0) is 20.3. The Bertz CT molecular complexity index is 967. The highest BCUT2D eigenvalue weighted by Crippen LogP contribution is 2.25. The fourth-order valence-corrected chi connectivity index (χ4v) is 4.80. The van der Waals surface area contributed by atoms with Gasteiger partial charge >= 0.3 is 0 Å². The molecule has 1 N–H and O–H groups in total. The Hall–Kier alpha value is -2.25. The zero-order valence-corrected chi connectivity index (χ0v) is 16.9. The first-order chi connectivity index (χ1) is 13.3. The lowest BCUT2D eigenvalue weighted by Crippen LogP contribution is -2.38. The van der Waals surface area contributed by atoms with Gasteiger partial charge in [-0.25, -0.2) is 12.8 Å². The Morgan fingerprint density at radius 3 is 2.57 bits per heavy atom. The lowest BCUT2D eigenvalue weighted by atomic mass is 10.0. The van der Waals surface area contributed by atoms with Crippen LogP contribution in [0.3, 0.4) is 0 Å². The molecule has 3 rings (SSSR count). The number of hydrogen-bond donors (Lipinski definition) is 1. The third-order valence-corrected chi connectivity index (χ3v) is 7.07. The van der Waals surface area contributed by atoms with E-state index in [9.17, 15) is 17.6 Å².